The number of carboxylic acid groups (broad SMARTS) is 1. The molecule has 0 aromatic carbocycles. The van der Waals surface area contributed by atoms with Crippen molar-refractivity contribution in [3.8, 4) is 0 Å². The quantitative estimate of drug-likeness (QED) is 0.225. The second-order valence-electron chi connectivity index (χ2n) is 6.41. The summed E-state index contributed by atoms with van der Waals surface area (Å²) in [5, 5.41) is 8.55. The number of carbonyl (C=O) groups is 1. The first-order valence-electron chi connectivity index (χ1n) is 9.94. The molecule has 0 saturated heterocycles. The molecule has 0 spiro atoms. The molecule has 0 amide bonds. The lowest BCUT2D eigenvalue weighted by atomic mass is 10.1. The normalized spacial score (nSPS) is 12.0. The van der Waals surface area contributed by atoms with Crippen LogP contribution in [0.2, 0.25) is 0 Å². The molecule has 0 saturated carbocycles. The van der Waals surface area contributed by atoms with Crippen LogP contribution in [0.15, 0.2) is 36.5 Å². The molecule has 1 N–H and O–H groups in total. The van der Waals surface area contributed by atoms with Crippen molar-refractivity contribution in [2.75, 3.05) is 0 Å². The smallest absolute Gasteiger partial charge is 0.303 e. The Bertz CT molecular complexity index is 353. The van der Waals surface area contributed by atoms with Crippen molar-refractivity contribution >= 4 is 5.97 Å². The van der Waals surface area contributed by atoms with Gasteiger partial charge in [0.1, 0.15) is 0 Å². The highest BCUT2D eigenvalue weighted by Gasteiger charge is 1.96. The first-order chi connectivity index (χ1) is 11.8. The van der Waals surface area contributed by atoms with Crippen molar-refractivity contribution in [3.63, 3.8) is 0 Å². The standard InChI is InChI=1S/C22H38O2/c1-2-3-4-5-6-7-8-9-10-11-12-13-14-15-16-17-18-19-20-21-22(23)24/h3-4,6-7,9-10H,2,5,8,11-21H2,1H3,(H,23,24)/b4-3+,7-6-,10-9-. The molecule has 0 aliphatic carbocycles. The van der Waals surface area contributed by atoms with Gasteiger partial charge in [-0.1, -0.05) is 88.3 Å². The fraction of sp³-hybridized carbons (Fsp3) is 0.682. The molecule has 0 aromatic heterocycles. The monoisotopic (exact) mass is 334 g/mol. The second-order valence-corrected chi connectivity index (χ2v) is 6.41. The minimum atomic E-state index is -0.663. The highest BCUT2D eigenvalue weighted by molar-refractivity contribution is 5.66. The summed E-state index contributed by atoms with van der Waals surface area (Å²) in [7, 11) is 0. The molecule has 2 heteroatoms. The maximum absolute atomic E-state index is 10.4. The summed E-state index contributed by atoms with van der Waals surface area (Å²) in [5.74, 6) is -0.663. The molecular weight excluding hydrogens is 296 g/mol. The van der Waals surface area contributed by atoms with Gasteiger partial charge in [-0.2, -0.15) is 0 Å². The van der Waals surface area contributed by atoms with Crippen LogP contribution in [0, 0.1) is 0 Å². The van der Waals surface area contributed by atoms with Gasteiger partial charge >= 0.3 is 5.97 Å². The summed E-state index contributed by atoms with van der Waals surface area (Å²) in [5.41, 5.74) is 0. The van der Waals surface area contributed by atoms with Gasteiger partial charge in [0.05, 0.1) is 0 Å². The van der Waals surface area contributed by atoms with E-state index in [4.69, 9.17) is 5.11 Å². The number of hydrogen-bond acceptors (Lipinski definition) is 1. The van der Waals surface area contributed by atoms with Gasteiger partial charge in [-0.3, -0.25) is 4.79 Å². The lowest BCUT2D eigenvalue weighted by Crippen LogP contribution is -1.93. The van der Waals surface area contributed by atoms with Crippen LogP contribution in [0.4, 0.5) is 0 Å². The highest BCUT2D eigenvalue weighted by Crippen LogP contribution is 2.11. The van der Waals surface area contributed by atoms with Crippen molar-refractivity contribution in [1.29, 1.82) is 0 Å². The Morgan fingerprint density at radius 1 is 0.667 bits per heavy atom. The Morgan fingerprint density at radius 2 is 1.12 bits per heavy atom. The Kier molecular flexibility index (Phi) is 18.7. The lowest BCUT2D eigenvalue weighted by molar-refractivity contribution is -0.137. The van der Waals surface area contributed by atoms with Crippen molar-refractivity contribution < 1.29 is 9.90 Å². The molecule has 0 aromatic rings. The molecule has 0 radical (unpaired) electrons. The Hall–Kier alpha value is -1.31. The van der Waals surface area contributed by atoms with E-state index in [2.05, 4.69) is 43.4 Å². The van der Waals surface area contributed by atoms with Crippen LogP contribution in [-0.2, 0) is 4.79 Å². The van der Waals surface area contributed by atoms with Gasteiger partial charge in [-0.05, 0) is 38.5 Å². The fourth-order valence-electron chi connectivity index (χ4n) is 2.60. The maximum Gasteiger partial charge on any atom is 0.303 e. The van der Waals surface area contributed by atoms with Gasteiger partial charge in [0, 0.05) is 6.42 Å². The van der Waals surface area contributed by atoms with Crippen LogP contribution >= 0.6 is 0 Å². The molecule has 0 heterocycles. The molecule has 0 aliphatic rings. The van der Waals surface area contributed by atoms with E-state index in [1.165, 1.54) is 51.4 Å². The Labute approximate surface area is 149 Å². The van der Waals surface area contributed by atoms with Gasteiger partial charge < -0.3 is 5.11 Å². The van der Waals surface area contributed by atoms with Crippen LogP contribution in [0.1, 0.15) is 96.8 Å². The third-order valence-corrected chi connectivity index (χ3v) is 4.04. The van der Waals surface area contributed by atoms with Crippen LogP contribution in [-0.4, -0.2) is 11.1 Å². The van der Waals surface area contributed by atoms with Gasteiger partial charge in [-0.15, -0.1) is 0 Å². The number of unbranched alkanes of at least 4 members (excludes halogenated alkanes) is 9. The SMILES string of the molecule is CC/C=C/C/C=C\C/C=C\CCCCCCCCCCCC(=O)O. The van der Waals surface area contributed by atoms with Crippen molar-refractivity contribution in [2.45, 2.75) is 96.8 Å². The number of rotatable bonds is 17. The Morgan fingerprint density at radius 3 is 1.67 bits per heavy atom. The molecule has 0 atom stereocenters. The first kappa shape index (κ1) is 22.7. The third-order valence-electron chi connectivity index (χ3n) is 4.04. The zero-order chi connectivity index (χ0) is 17.7. The molecule has 0 aliphatic heterocycles. The van der Waals surface area contributed by atoms with Crippen molar-refractivity contribution in [2.24, 2.45) is 0 Å². The predicted molar refractivity (Wildman–Crippen MR) is 105 cm³/mol. The van der Waals surface area contributed by atoms with E-state index in [1.807, 2.05) is 0 Å². The molecule has 0 unspecified atom stereocenters. The predicted octanol–water partition coefficient (Wildman–Crippen LogP) is 7.22. The van der Waals surface area contributed by atoms with E-state index in [0.29, 0.717) is 6.42 Å². The fourth-order valence-corrected chi connectivity index (χ4v) is 2.60. The molecule has 0 bridgehead atoms. The molecule has 138 valence electrons. The van der Waals surface area contributed by atoms with Crippen molar-refractivity contribution in [1.82, 2.24) is 0 Å². The highest BCUT2D eigenvalue weighted by atomic mass is 16.4. The van der Waals surface area contributed by atoms with Gasteiger partial charge in [-0.25, -0.2) is 0 Å². The third kappa shape index (κ3) is 20.7. The Balaban J connectivity index is 3.18. The van der Waals surface area contributed by atoms with Crippen LogP contribution < -0.4 is 0 Å². The van der Waals surface area contributed by atoms with Crippen LogP contribution in [0.5, 0.6) is 0 Å². The average molecular weight is 335 g/mol. The minimum Gasteiger partial charge on any atom is -0.481 e. The second kappa shape index (κ2) is 19.7. The van der Waals surface area contributed by atoms with Gasteiger partial charge in [0.15, 0.2) is 0 Å². The van der Waals surface area contributed by atoms with E-state index in [9.17, 15) is 4.79 Å². The topological polar surface area (TPSA) is 37.3 Å². The summed E-state index contributed by atoms with van der Waals surface area (Å²) in [4.78, 5) is 10.4. The summed E-state index contributed by atoms with van der Waals surface area (Å²) < 4.78 is 0. The van der Waals surface area contributed by atoms with Crippen LogP contribution in [0.25, 0.3) is 0 Å². The summed E-state index contributed by atoms with van der Waals surface area (Å²) in [6.45, 7) is 2.16. The van der Waals surface area contributed by atoms with E-state index >= 15 is 0 Å². The summed E-state index contributed by atoms with van der Waals surface area (Å²) in [6.07, 6.45) is 29.3. The van der Waals surface area contributed by atoms with Crippen molar-refractivity contribution in [3.05, 3.63) is 36.5 Å². The van der Waals surface area contributed by atoms with E-state index < -0.39 is 5.97 Å². The number of allylic oxidation sites excluding steroid dienone is 6. The zero-order valence-corrected chi connectivity index (χ0v) is 15.7. The summed E-state index contributed by atoms with van der Waals surface area (Å²) in [6, 6.07) is 0. The van der Waals surface area contributed by atoms with E-state index in [-0.39, 0.29) is 0 Å². The maximum atomic E-state index is 10.4. The molecule has 24 heavy (non-hydrogen) atoms. The van der Waals surface area contributed by atoms with Crippen LogP contribution in [0.3, 0.4) is 0 Å². The molecule has 0 fully saturated rings. The summed E-state index contributed by atoms with van der Waals surface area (Å²) >= 11 is 0. The van der Waals surface area contributed by atoms with Gasteiger partial charge in [0.2, 0.25) is 0 Å². The number of aliphatic carboxylic acids is 1. The largest absolute Gasteiger partial charge is 0.481 e. The van der Waals surface area contributed by atoms with Gasteiger partial charge in [0.25, 0.3) is 0 Å². The number of hydrogen-bond donors (Lipinski definition) is 1. The molecule has 2 nitrogen and oxygen atoms in total. The molecular formula is C22H38O2. The average Bonchev–Trinajstić information content (AvgIpc) is 2.56. The zero-order valence-electron chi connectivity index (χ0n) is 15.7. The molecule has 0 rings (SSSR count). The minimum absolute atomic E-state index is 0.333. The lowest BCUT2D eigenvalue weighted by Gasteiger charge is -2.01. The first-order valence-corrected chi connectivity index (χ1v) is 9.94. The van der Waals surface area contributed by atoms with E-state index in [1.54, 1.807) is 0 Å². The number of carboxylic acids is 1. The van der Waals surface area contributed by atoms with E-state index in [0.717, 1.165) is 32.1 Å².